The highest BCUT2D eigenvalue weighted by atomic mass is 16.4. The van der Waals surface area contributed by atoms with Crippen molar-refractivity contribution in [3.8, 4) is 0 Å². The molecule has 0 atom stereocenters. The SMILES string of the molecule is O=C(CCCn1c(=O)oc2ccccc21)NCc1ccccc1CN1CCCC1. The van der Waals surface area contributed by atoms with Crippen LogP contribution in [0.5, 0.6) is 0 Å². The number of aromatic nitrogens is 1. The lowest BCUT2D eigenvalue weighted by atomic mass is 10.1. The van der Waals surface area contributed by atoms with Gasteiger partial charge in [0.25, 0.3) is 0 Å². The van der Waals surface area contributed by atoms with Crippen LogP contribution in [0.4, 0.5) is 0 Å². The van der Waals surface area contributed by atoms with Crippen molar-refractivity contribution in [1.29, 1.82) is 0 Å². The zero-order chi connectivity index (χ0) is 20.1. The van der Waals surface area contributed by atoms with E-state index in [0.29, 0.717) is 31.5 Å². The molecule has 6 heteroatoms. The first-order chi connectivity index (χ1) is 14.2. The van der Waals surface area contributed by atoms with Crippen molar-refractivity contribution in [2.75, 3.05) is 13.1 Å². The number of amides is 1. The van der Waals surface area contributed by atoms with Crippen LogP contribution in [0.3, 0.4) is 0 Å². The number of likely N-dealkylation sites (tertiary alicyclic amines) is 1. The Balaban J connectivity index is 1.28. The number of carbonyl (C=O) groups is 1. The lowest BCUT2D eigenvalue weighted by Gasteiger charge is -2.17. The Bertz CT molecular complexity index is 1030. The Morgan fingerprint density at radius 2 is 1.72 bits per heavy atom. The van der Waals surface area contributed by atoms with Crippen molar-refractivity contribution >= 4 is 17.0 Å². The Hall–Kier alpha value is -2.86. The molecule has 0 bridgehead atoms. The first kappa shape index (κ1) is 19.5. The Morgan fingerprint density at radius 1 is 1.00 bits per heavy atom. The smallest absolute Gasteiger partial charge is 0.408 e. The summed E-state index contributed by atoms with van der Waals surface area (Å²) >= 11 is 0. The molecular weight excluding hydrogens is 366 g/mol. The standard InChI is InChI=1S/C23H27N3O3/c27-22(12-7-15-26-20-10-3-4-11-21(20)29-23(26)28)24-16-18-8-1-2-9-19(18)17-25-13-5-6-14-25/h1-4,8-11H,5-7,12-17H2,(H,24,27). The summed E-state index contributed by atoms with van der Waals surface area (Å²) in [5.74, 6) is -0.371. The lowest BCUT2D eigenvalue weighted by molar-refractivity contribution is -0.121. The van der Waals surface area contributed by atoms with Gasteiger partial charge in [0.2, 0.25) is 5.91 Å². The minimum absolute atomic E-state index is 0.00169. The van der Waals surface area contributed by atoms with E-state index in [1.165, 1.54) is 24.0 Å². The number of hydrogen-bond acceptors (Lipinski definition) is 4. The van der Waals surface area contributed by atoms with E-state index < -0.39 is 0 Å². The van der Waals surface area contributed by atoms with Gasteiger partial charge in [0.1, 0.15) is 0 Å². The number of benzene rings is 2. The van der Waals surface area contributed by atoms with Crippen molar-refractivity contribution in [3.05, 3.63) is 70.2 Å². The predicted octanol–water partition coefficient (Wildman–Crippen LogP) is 3.29. The lowest BCUT2D eigenvalue weighted by Crippen LogP contribution is -2.25. The molecule has 0 aliphatic carbocycles. The molecule has 0 saturated carbocycles. The minimum atomic E-state index is -0.373. The fourth-order valence-electron chi connectivity index (χ4n) is 3.97. The van der Waals surface area contributed by atoms with Gasteiger partial charge in [-0.05, 0) is 55.6 Å². The molecule has 0 spiro atoms. The summed E-state index contributed by atoms with van der Waals surface area (Å²) in [5.41, 5.74) is 3.81. The van der Waals surface area contributed by atoms with Crippen LogP contribution in [0, 0.1) is 0 Å². The van der Waals surface area contributed by atoms with Crippen molar-refractivity contribution in [2.45, 2.75) is 45.3 Å². The van der Waals surface area contributed by atoms with Gasteiger partial charge in [-0.1, -0.05) is 36.4 Å². The number of nitrogens with one attached hydrogen (secondary N) is 1. The molecule has 2 heterocycles. The first-order valence-corrected chi connectivity index (χ1v) is 10.3. The molecule has 3 aromatic rings. The van der Waals surface area contributed by atoms with Gasteiger partial charge in [0.15, 0.2) is 5.58 Å². The number of aryl methyl sites for hydroxylation is 1. The summed E-state index contributed by atoms with van der Waals surface area (Å²) in [6, 6.07) is 15.7. The molecule has 1 aliphatic rings. The maximum atomic E-state index is 12.3. The fourth-order valence-corrected chi connectivity index (χ4v) is 3.97. The van der Waals surface area contributed by atoms with E-state index in [4.69, 9.17) is 4.42 Å². The van der Waals surface area contributed by atoms with Crippen LogP contribution in [0.2, 0.25) is 0 Å². The Morgan fingerprint density at radius 3 is 2.55 bits per heavy atom. The molecule has 1 saturated heterocycles. The molecule has 4 rings (SSSR count). The maximum Gasteiger partial charge on any atom is 0.419 e. The highest BCUT2D eigenvalue weighted by Gasteiger charge is 2.14. The number of nitrogens with zero attached hydrogens (tertiary/aromatic N) is 2. The normalized spacial score (nSPS) is 14.5. The van der Waals surface area contributed by atoms with Crippen LogP contribution < -0.4 is 11.1 Å². The van der Waals surface area contributed by atoms with Gasteiger partial charge in [-0.2, -0.15) is 0 Å². The molecule has 1 fully saturated rings. The molecule has 2 aromatic carbocycles. The molecular formula is C23H27N3O3. The van der Waals surface area contributed by atoms with Gasteiger partial charge >= 0.3 is 5.76 Å². The summed E-state index contributed by atoms with van der Waals surface area (Å²) in [5, 5.41) is 3.03. The number of hydrogen-bond donors (Lipinski definition) is 1. The monoisotopic (exact) mass is 393 g/mol. The second-order valence-corrected chi connectivity index (χ2v) is 7.62. The second kappa shape index (κ2) is 9.09. The van der Waals surface area contributed by atoms with Gasteiger partial charge in [-0.25, -0.2) is 4.79 Å². The van der Waals surface area contributed by atoms with Gasteiger partial charge in [-0.15, -0.1) is 0 Å². The number of oxazole rings is 1. The van der Waals surface area contributed by atoms with Crippen molar-refractivity contribution in [3.63, 3.8) is 0 Å². The highest BCUT2D eigenvalue weighted by Crippen LogP contribution is 2.16. The Labute approximate surface area is 170 Å². The van der Waals surface area contributed by atoms with E-state index >= 15 is 0 Å². The third-order valence-electron chi connectivity index (χ3n) is 5.55. The minimum Gasteiger partial charge on any atom is -0.408 e. The van der Waals surface area contributed by atoms with Crippen LogP contribution in [0.1, 0.15) is 36.8 Å². The molecule has 1 amide bonds. The van der Waals surface area contributed by atoms with Crippen LogP contribution in [-0.2, 0) is 24.4 Å². The zero-order valence-electron chi connectivity index (χ0n) is 16.6. The van der Waals surface area contributed by atoms with Crippen LogP contribution >= 0.6 is 0 Å². The summed E-state index contributed by atoms with van der Waals surface area (Å²) in [7, 11) is 0. The molecule has 1 N–H and O–H groups in total. The van der Waals surface area contributed by atoms with Crippen LogP contribution in [-0.4, -0.2) is 28.5 Å². The average Bonchev–Trinajstić information content (AvgIpc) is 3.35. The predicted molar refractivity (Wildman–Crippen MR) is 113 cm³/mol. The van der Waals surface area contributed by atoms with Gasteiger partial charge in [-0.3, -0.25) is 14.3 Å². The van der Waals surface area contributed by atoms with Crippen LogP contribution in [0.15, 0.2) is 57.7 Å². The number of fused-ring (bicyclic) bond motifs is 1. The maximum absolute atomic E-state index is 12.3. The van der Waals surface area contributed by atoms with E-state index in [-0.39, 0.29) is 11.7 Å². The van der Waals surface area contributed by atoms with E-state index in [2.05, 4.69) is 28.4 Å². The molecule has 152 valence electrons. The molecule has 1 aromatic heterocycles. The van der Waals surface area contributed by atoms with Gasteiger partial charge < -0.3 is 9.73 Å². The van der Waals surface area contributed by atoms with Gasteiger partial charge in [0, 0.05) is 26.1 Å². The summed E-state index contributed by atoms with van der Waals surface area (Å²) < 4.78 is 6.82. The second-order valence-electron chi connectivity index (χ2n) is 7.62. The topological polar surface area (TPSA) is 67.5 Å². The molecule has 0 radical (unpaired) electrons. The van der Waals surface area contributed by atoms with Crippen molar-refractivity contribution in [1.82, 2.24) is 14.8 Å². The number of carbonyl (C=O) groups excluding carboxylic acids is 1. The Kier molecular flexibility index (Phi) is 6.10. The molecule has 1 aliphatic heterocycles. The van der Waals surface area contributed by atoms with Crippen molar-refractivity contribution < 1.29 is 9.21 Å². The fraction of sp³-hybridized carbons (Fsp3) is 0.391. The molecule has 29 heavy (non-hydrogen) atoms. The molecule has 6 nitrogen and oxygen atoms in total. The summed E-state index contributed by atoms with van der Waals surface area (Å²) in [6.07, 6.45) is 3.51. The van der Waals surface area contributed by atoms with Crippen LogP contribution in [0.25, 0.3) is 11.1 Å². The zero-order valence-corrected chi connectivity index (χ0v) is 16.6. The summed E-state index contributed by atoms with van der Waals surface area (Å²) in [6.45, 7) is 4.26. The number of para-hydroxylation sites is 2. The van der Waals surface area contributed by atoms with E-state index in [1.807, 2.05) is 24.3 Å². The van der Waals surface area contributed by atoms with Gasteiger partial charge in [0.05, 0.1) is 5.52 Å². The highest BCUT2D eigenvalue weighted by molar-refractivity contribution is 5.76. The van der Waals surface area contributed by atoms with E-state index in [0.717, 1.165) is 25.2 Å². The van der Waals surface area contributed by atoms with E-state index in [1.54, 1.807) is 10.6 Å². The molecule has 0 unspecified atom stereocenters. The quantitative estimate of drug-likeness (QED) is 0.638. The summed E-state index contributed by atoms with van der Waals surface area (Å²) in [4.78, 5) is 26.8. The third kappa shape index (κ3) is 4.77. The number of rotatable bonds is 8. The average molecular weight is 393 g/mol. The first-order valence-electron chi connectivity index (χ1n) is 10.3. The van der Waals surface area contributed by atoms with Crippen molar-refractivity contribution in [2.24, 2.45) is 0 Å². The van der Waals surface area contributed by atoms with E-state index in [9.17, 15) is 9.59 Å². The largest absolute Gasteiger partial charge is 0.419 e. The third-order valence-corrected chi connectivity index (χ3v) is 5.55.